The lowest BCUT2D eigenvalue weighted by molar-refractivity contribution is 0.0995. The first-order valence-corrected chi connectivity index (χ1v) is 9.38. The van der Waals surface area contributed by atoms with E-state index >= 15 is 0 Å². The molecule has 2 N–H and O–H groups in total. The third kappa shape index (κ3) is 4.54. The monoisotopic (exact) mass is 411 g/mol. The zero-order valence-electron chi connectivity index (χ0n) is 16.2. The lowest BCUT2D eigenvalue weighted by atomic mass is 9.98. The molecule has 31 heavy (non-hydrogen) atoms. The van der Waals surface area contributed by atoms with Gasteiger partial charge in [-0.05, 0) is 24.3 Å². The van der Waals surface area contributed by atoms with Crippen LogP contribution < -0.4 is 10.7 Å². The summed E-state index contributed by atoms with van der Waals surface area (Å²) in [5.74, 6) is -1.08. The summed E-state index contributed by atoms with van der Waals surface area (Å²) in [4.78, 5) is 38.2. The van der Waals surface area contributed by atoms with Gasteiger partial charge in [0.25, 0.3) is 11.8 Å². The molecule has 0 spiro atoms. The van der Waals surface area contributed by atoms with Crippen LogP contribution in [0.5, 0.6) is 0 Å². The van der Waals surface area contributed by atoms with Crippen molar-refractivity contribution in [1.82, 2.24) is 14.9 Å². The fourth-order valence-corrected chi connectivity index (χ4v) is 3.00. The highest BCUT2D eigenvalue weighted by molar-refractivity contribution is 6.17. The quantitative estimate of drug-likeness (QED) is 0.474. The van der Waals surface area contributed by atoms with Gasteiger partial charge in [-0.1, -0.05) is 54.6 Å². The van der Waals surface area contributed by atoms with E-state index in [-0.39, 0.29) is 11.3 Å². The number of amides is 2. The van der Waals surface area contributed by atoms with Crippen LogP contribution in [-0.4, -0.2) is 32.5 Å². The number of carbonyl (C=O) groups is 3. The van der Waals surface area contributed by atoms with Gasteiger partial charge in [-0.15, -0.1) is 10.2 Å². The van der Waals surface area contributed by atoms with Crippen LogP contribution in [0.4, 0.5) is 5.69 Å². The molecule has 0 unspecified atom stereocenters. The average Bonchev–Trinajstić information content (AvgIpc) is 3.32. The number of rotatable bonds is 6. The summed E-state index contributed by atoms with van der Waals surface area (Å²) < 4.78 is 1.32. The molecular formula is C23H17N5O3. The van der Waals surface area contributed by atoms with Crippen molar-refractivity contribution in [3.05, 3.63) is 114 Å². The van der Waals surface area contributed by atoms with E-state index in [1.54, 1.807) is 72.8 Å². The molecule has 3 aromatic carbocycles. The predicted molar refractivity (Wildman–Crippen MR) is 114 cm³/mol. The summed E-state index contributed by atoms with van der Waals surface area (Å²) >= 11 is 0. The highest BCUT2D eigenvalue weighted by atomic mass is 16.2. The lowest BCUT2D eigenvalue weighted by Crippen LogP contribution is -2.22. The van der Waals surface area contributed by atoms with Crippen LogP contribution in [0.2, 0.25) is 0 Å². The summed E-state index contributed by atoms with van der Waals surface area (Å²) in [6.07, 6.45) is 2.70. The van der Waals surface area contributed by atoms with Crippen molar-refractivity contribution >= 4 is 23.3 Å². The smallest absolute Gasteiger partial charge is 0.270 e. The molecule has 0 bridgehead atoms. The molecule has 152 valence electrons. The number of hydrogen-bond donors (Lipinski definition) is 2. The van der Waals surface area contributed by atoms with Gasteiger partial charge in [-0.3, -0.25) is 19.8 Å². The van der Waals surface area contributed by atoms with Gasteiger partial charge < -0.3 is 5.32 Å². The largest absolute Gasteiger partial charge is 0.322 e. The minimum Gasteiger partial charge on any atom is -0.322 e. The van der Waals surface area contributed by atoms with E-state index in [4.69, 9.17) is 0 Å². The van der Waals surface area contributed by atoms with Crippen LogP contribution in [0, 0.1) is 0 Å². The fraction of sp³-hybridized carbons (Fsp3) is 0. The van der Waals surface area contributed by atoms with Crippen molar-refractivity contribution in [2.45, 2.75) is 0 Å². The Hall–Kier alpha value is -4.59. The molecule has 4 aromatic rings. The van der Waals surface area contributed by atoms with Gasteiger partial charge in [0.1, 0.15) is 12.7 Å². The maximum atomic E-state index is 12.9. The van der Waals surface area contributed by atoms with Crippen LogP contribution in [0.15, 0.2) is 91.5 Å². The van der Waals surface area contributed by atoms with Crippen molar-refractivity contribution in [3.63, 3.8) is 0 Å². The van der Waals surface area contributed by atoms with Crippen molar-refractivity contribution in [1.29, 1.82) is 0 Å². The van der Waals surface area contributed by atoms with E-state index in [1.165, 1.54) is 17.3 Å². The second-order valence-electron chi connectivity index (χ2n) is 6.59. The minimum absolute atomic E-state index is 0.242. The van der Waals surface area contributed by atoms with Gasteiger partial charge >= 0.3 is 0 Å². The van der Waals surface area contributed by atoms with Crippen LogP contribution in [-0.2, 0) is 0 Å². The van der Waals surface area contributed by atoms with E-state index in [0.717, 1.165) is 0 Å². The molecule has 8 heteroatoms. The van der Waals surface area contributed by atoms with Gasteiger partial charge in [-0.25, -0.2) is 4.68 Å². The van der Waals surface area contributed by atoms with Crippen LogP contribution in [0.25, 0.3) is 0 Å². The number of hydrogen-bond acceptors (Lipinski definition) is 5. The molecule has 1 aromatic heterocycles. The molecule has 0 aliphatic rings. The third-order valence-electron chi connectivity index (χ3n) is 4.48. The molecule has 0 aliphatic carbocycles. The highest BCUT2D eigenvalue weighted by Gasteiger charge is 2.18. The topological polar surface area (TPSA) is 106 Å². The second kappa shape index (κ2) is 8.83. The van der Waals surface area contributed by atoms with Crippen LogP contribution >= 0.6 is 0 Å². The van der Waals surface area contributed by atoms with Crippen LogP contribution in [0.1, 0.15) is 36.6 Å². The van der Waals surface area contributed by atoms with E-state index in [0.29, 0.717) is 22.4 Å². The molecular weight excluding hydrogens is 394 g/mol. The maximum absolute atomic E-state index is 12.9. The molecule has 1 heterocycles. The molecule has 0 radical (unpaired) electrons. The van der Waals surface area contributed by atoms with Gasteiger partial charge in [0.15, 0.2) is 5.78 Å². The Morgan fingerprint density at radius 2 is 1.32 bits per heavy atom. The van der Waals surface area contributed by atoms with Gasteiger partial charge in [-0.2, -0.15) is 0 Å². The van der Waals surface area contributed by atoms with Crippen molar-refractivity contribution in [2.75, 3.05) is 10.7 Å². The molecule has 0 fully saturated rings. The molecule has 0 atom stereocenters. The molecule has 0 saturated carbocycles. The SMILES string of the molecule is O=C(Nn1cnnc1)c1cccc(NC(=O)c2ccccc2C(=O)c2ccccc2)c1. The van der Waals surface area contributed by atoms with Gasteiger partial charge in [0.2, 0.25) is 0 Å². The van der Waals surface area contributed by atoms with E-state index in [2.05, 4.69) is 20.9 Å². The Labute approximate surface area is 177 Å². The van der Waals surface area contributed by atoms with Gasteiger partial charge in [0.05, 0.1) is 5.56 Å². The standard InChI is InChI=1S/C23H17N5O3/c29-21(16-7-2-1-3-8-16)19-11-4-5-12-20(19)23(31)26-18-10-6-9-17(13-18)22(30)27-28-14-24-25-15-28/h1-15H,(H,26,31)(H,27,30). The molecule has 8 nitrogen and oxygen atoms in total. The maximum Gasteiger partial charge on any atom is 0.270 e. The number of carbonyl (C=O) groups excluding carboxylic acids is 3. The summed E-state index contributed by atoms with van der Waals surface area (Å²) in [6.45, 7) is 0. The first-order chi connectivity index (χ1) is 15.1. The average molecular weight is 411 g/mol. The van der Waals surface area contributed by atoms with Crippen molar-refractivity contribution in [3.8, 4) is 0 Å². The fourth-order valence-electron chi connectivity index (χ4n) is 3.00. The zero-order chi connectivity index (χ0) is 21.6. The second-order valence-corrected chi connectivity index (χ2v) is 6.59. The minimum atomic E-state index is -0.448. The molecule has 4 rings (SSSR count). The molecule has 0 aliphatic heterocycles. The zero-order valence-corrected chi connectivity index (χ0v) is 16.2. The Morgan fingerprint density at radius 3 is 2.06 bits per heavy atom. The number of anilines is 1. The van der Waals surface area contributed by atoms with E-state index < -0.39 is 11.8 Å². The summed E-state index contributed by atoms with van der Waals surface area (Å²) in [6, 6.07) is 21.8. The summed E-state index contributed by atoms with van der Waals surface area (Å²) in [7, 11) is 0. The first kappa shape index (κ1) is 19.7. The van der Waals surface area contributed by atoms with Crippen LogP contribution in [0.3, 0.4) is 0 Å². The summed E-state index contributed by atoms with van der Waals surface area (Å²) in [5.41, 5.74) is 4.38. The Bertz CT molecular complexity index is 1240. The Balaban J connectivity index is 1.54. The molecule has 2 amide bonds. The highest BCUT2D eigenvalue weighted by Crippen LogP contribution is 2.18. The normalized spacial score (nSPS) is 10.3. The summed E-state index contributed by atoms with van der Waals surface area (Å²) in [5, 5.41) is 9.99. The van der Waals surface area contributed by atoms with Crippen molar-refractivity contribution < 1.29 is 14.4 Å². The number of benzene rings is 3. The van der Waals surface area contributed by atoms with Crippen molar-refractivity contribution in [2.24, 2.45) is 0 Å². The number of aromatic nitrogens is 3. The van der Waals surface area contributed by atoms with Gasteiger partial charge in [0, 0.05) is 22.4 Å². The number of nitrogens with zero attached hydrogens (tertiary/aromatic N) is 3. The molecule has 0 saturated heterocycles. The number of nitrogens with one attached hydrogen (secondary N) is 2. The Kier molecular flexibility index (Phi) is 5.62. The lowest BCUT2D eigenvalue weighted by Gasteiger charge is -2.11. The Morgan fingerprint density at radius 1 is 0.677 bits per heavy atom. The predicted octanol–water partition coefficient (Wildman–Crippen LogP) is 3.15. The van der Waals surface area contributed by atoms with E-state index in [1.807, 2.05) is 6.07 Å². The number of ketones is 1. The third-order valence-corrected chi connectivity index (χ3v) is 4.48. The first-order valence-electron chi connectivity index (χ1n) is 9.38. The van der Waals surface area contributed by atoms with E-state index in [9.17, 15) is 14.4 Å².